The van der Waals surface area contributed by atoms with E-state index >= 15 is 0 Å². The van der Waals surface area contributed by atoms with Crippen molar-refractivity contribution in [3.05, 3.63) is 35.4 Å². The minimum Gasteiger partial charge on any atom is -0.598 e. The first-order valence-corrected chi connectivity index (χ1v) is 5.60. The average molecular weight is 319 g/mol. The summed E-state index contributed by atoms with van der Waals surface area (Å²) in [5.74, 6) is -0.952. The van der Waals surface area contributed by atoms with Crippen molar-refractivity contribution < 1.29 is 92.5 Å². The maximum absolute atomic E-state index is 11.1. The first-order chi connectivity index (χ1) is 8.42. The Hall–Kier alpha value is 0.180. The molecule has 0 amide bonds. The molecule has 0 unspecified atom stereocenters. The summed E-state index contributed by atoms with van der Waals surface area (Å²) in [7, 11) is -0.801. The SMILES string of the molecule is COC(=O)c1cccc(C(=O)OC)c1.O=[P+]([O-])[O-].[Na+].[Na+]. The Morgan fingerprint density at radius 3 is 1.55 bits per heavy atom. The van der Waals surface area contributed by atoms with Crippen molar-refractivity contribution in [3.8, 4) is 0 Å². The van der Waals surface area contributed by atoms with Crippen LogP contribution in [0.5, 0.6) is 0 Å². The van der Waals surface area contributed by atoms with Gasteiger partial charge in [0.1, 0.15) is 0 Å². The third-order valence-electron chi connectivity index (χ3n) is 1.70. The van der Waals surface area contributed by atoms with E-state index in [1.54, 1.807) is 18.2 Å². The number of benzene rings is 1. The molecule has 7 nitrogen and oxygen atoms in total. The van der Waals surface area contributed by atoms with Crippen LogP contribution in [0.15, 0.2) is 24.3 Å². The molecule has 1 aromatic carbocycles. The van der Waals surface area contributed by atoms with Crippen molar-refractivity contribution in [2.45, 2.75) is 0 Å². The number of esters is 2. The standard InChI is InChI=1S/C10H10O4.2Na.HO3P/c1-13-9(11)7-4-3-5-8(6-7)10(12)14-2;;;1-4(2)3/h3-6H,1-2H3;;;(H,1,2,3)/q;2*+1;/p-1. The number of hydrogen-bond donors (Lipinski definition) is 0. The molecule has 10 heteroatoms. The molecule has 98 valence electrons. The Labute approximate surface area is 161 Å². The molecule has 1 aromatic rings. The van der Waals surface area contributed by atoms with E-state index < -0.39 is 20.2 Å². The number of hydrogen-bond acceptors (Lipinski definition) is 7. The summed E-state index contributed by atoms with van der Waals surface area (Å²) in [6.45, 7) is 0. The van der Waals surface area contributed by atoms with Gasteiger partial charge in [-0.2, -0.15) is 0 Å². The monoisotopic (exact) mass is 319 g/mol. The second-order valence-corrected chi connectivity index (χ2v) is 3.23. The fourth-order valence-corrected chi connectivity index (χ4v) is 1.01. The molecule has 0 atom stereocenters. The number of carbonyl (C=O) groups excluding carboxylic acids is 2. The van der Waals surface area contributed by atoms with Crippen LogP contribution in [-0.4, -0.2) is 26.2 Å². The second-order valence-electron chi connectivity index (χ2n) is 2.79. The normalized spacial score (nSPS) is 7.80. The van der Waals surface area contributed by atoms with Gasteiger partial charge in [0.15, 0.2) is 0 Å². The number of carbonyl (C=O) groups is 2. The minimum atomic E-state index is -3.37. The van der Waals surface area contributed by atoms with Crippen molar-refractivity contribution >= 4 is 20.2 Å². The van der Waals surface area contributed by atoms with Crippen molar-refractivity contribution in [1.82, 2.24) is 0 Å². The van der Waals surface area contributed by atoms with Gasteiger partial charge in [-0.3, -0.25) is 0 Å². The van der Waals surface area contributed by atoms with Gasteiger partial charge < -0.3 is 19.3 Å². The van der Waals surface area contributed by atoms with E-state index in [2.05, 4.69) is 9.47 Å². The zero-order chi connectivity index (χ0) is 14.1. The molecule has 0 bridgehead atoms. The Morgan fingerprint density at radius 1 is 1.00 bits per heavy atom. The van der Waals surface area contributed by atoms with Crippen LogP contribution in [-0.2, 0) is 14.0 Å². The number of rotatable bonds is 2. The molecule has 20 heavy (non-hydrogen) atoms. The molecule has 0 N–H and O–H groups in total. The van der Waals surface area contributed by atoms with Gasteiger partial charge in [0.25, 0.3) is 8.25 Å². The van der Waals surface area contributed by atoms with Crippen molar-refractivity contribution in [1.29, 1.82) is 0 Å². The molecular weight excluding hydrogens is 309 g/mol. The fourth-order valence-electron chi connectivity index (χ4n) is 1.01. The topological polar surface area (TPSA) is 116 Å². The molecule has 0 spiro atoms. The minimum absolute atomic E-state index is 0. The van der Waals surface area contributed by atoms with E-state index in [0.717, 1.165) is 0 Å². The third-order valence-corrected chi connectivity index (χ3v) is 1.70. The first kappa shape index (κ1) is 25.2. The molecule has 0 aliphatic rings. The second kappa shape index (κ2) is 14.1. The zero-order valence-electron chi connectivity index (χ0n) is 11.6. The van der Waals surface area contributed by atoms with Gasteiger partial charge in [-0.15, -0.1) is 0 Å². The summed E-state index contributed by atoms with van der Waals surface area (Å²) in [6, 6.07) is 6.16. The van der Waals surface area contributed by atoms with E-state index in [1.165, 1.54) is 20.3 Å². The van der Waals surface area contributed by atoms with Gasteiger partial charge in [-0.25, -0.2) is 9.59 Å². The van der Waals surface area contributed by atoms with Crippen molar-refractivity contribution in [2.24, 2.45) is 0 Å². The number of ether oxygens (including phenoxy) is 2. The van der Waals surface area contributed by atoms with E-state index in [1.807, 2.05) is 0 Å². The van der Waals surface area contributed by atoms with Crippen LogP contribution >= 0.6 is 8.25 Å². The molecule has 0 saturated carbocycles. The van der Waals surface area contributed by atoms with E-state index in [0.29, 0.717) is 11.1 Å². The summed E-state index contributed by atoms with van der Waals surface area (Å²) < 4.78 is 17.5. The van der Waals surface area contributed by atoms with Gasteiger partial charge in [0.05, 0.1) is 25.3 Å². The summed E-state index contributed by atoms with van der Waals surface area (Å²) in [6.07, 6.45) is 0. The predicted octanol–water partition coefficient (Wildman–Crippen LogP) is -6.37. The average Bonchev–Trinajstić information content (AvgIpc) is 2.36. The molecule has 0 aliphatic carbocycles. The van der Waals surface area contributed by atoms with Gasteiger partial charge >= 0.3 is 71.1 Å². The van der Waals surface area contributed by atoms with Crippen LogP contribution in [0.1, 0.15) is 20.7 Å². The van der Waals surface area contributed by atoms with Crippen LogP contribution in [0, 0.1) is 0 Å². The van der Waals surface area contributed by atoms with Gasteiger partial charge in [-0.1, -0.05) is 10.6 Å². The van der Waals surface area contributed by atoms with Crippen LogP contribution in [0.3, 0.4) is 0 Å². The molecular formula is C10H10Na2O7P+. The molecule has 0 aromatic heterocycles. The first-order valence-electron chi connectivity index (χ1n) is 4.50. The van der Waals surface area contributed by atoms with Crippen LogP contribution < -0.4 is 68.9 Å². The Morgan fingerprint density at radius 2 is 1.30 bits per heavy atom. The maximum Gasteiger partial charge on any atom is 1.00 e. The van der Waals surface area contributed by atoms with Crippen molar-refractivity contribution in [2.75, 3.05) is 14.2 Å². The van der Waals surface area contributed by atoms with Crippen molar-refractivity contribution in [3.63, 3.8) is 0 Å². The van der Waals surface area contributed by atoms with E-state index in [4.69, 9.17) is 14.4 Å². The maximum atomic E-state index is 11.1. The third kappa shape index (κ3) is 10.9. The van der Waals surface area contributed by atoms with Crippen LogP contribution in [0.25, 0.3) is 0 Å². The summed E-state index contributed by atoms with van der Waals surface area (Å²) in [5.41, 5.74) is 0.658. The van der Waals surface area contributed by atoms with E-state index in [9.17, 15) is 9.59 Å². The van der Waals surface area contributed by atoms with Gasteiger partial charge in [-0.05, 0) is 18.2 Å². The molecule has 0 aliphatic heterocycles. The van der Waals surface area contributed by atoms with Crippen LogP contribution in [0.4, 0.5) is 0 Å². The predicted molar refractivity (Wildman–Crippen MR) is 56.7 cm³/mol. The summed E-state index contributed by atoms with van der Waals surface area (Å²) in [4.78, 5) is 39.2. The van der Waals surface area contributed by atoms with Gasteiger partial charge in [0, 0.05) is 0 Å². The Bertz CT molecular complexity index is 418. The Kier molecular flexibility index (Phi) is 17.8. The molecule has 1 rings (SSSR count). The smallest absolute Gasteiger partial charge is 0.598 e. The molecule has 0 radical (unpaired) electrons. The quantitative estimate of drug-likeness (QED) is 0.302. The van der Waals surface area contributed by atoms with Gasteiger partial charge in [0.2, 0.25) is 0 Å². The van der Waals surface area contributed by atoms with E-state index in [-0.39, 0.29) is 59.1 Å². The summed E-state index contributed by atoms with van der Waals surface area (Å²) >= 11 is 0. The molecule has 0 fully saturated rings. The largest absolute Gasteiger partial charge is 1.00 e. The number of methoxy groups -OCH3 is 2. The molecule has 0 heterocycles. The zero-order valence-corrected chi connectivity index (χ0v) is 16.5. The Balaban J connectivity index is -0.000000429. The molecule has 0 saturated heterocycles. The summed E-state index contributed by atoms with van der Waals surface area (Å²) in [5, 5.41) is 0. The van der Waals surface area contributed by atoms with Crippen LogP contribution in [0.2, 0.25) is 0 Å². The fraction of sp³-hybridized carbons (Fsp3) is 0.200.